The van der Waals surface area contributed by atoms with Gasteiger partial charge in [0.15, 0.2) is 0 Å². The maximum Gasteiger partial charge on any atom is 0.405 e. The van der Waals surface area contributed by atoms with Gasteiger partial charge in [0.05, 0.1) is 9.34 Å². The van der Waals surface area contributed by atoms with Crippen LogP contribution in [0.2, 0.25) is 4.34 Å². The van der Waals surface area contributed by atoms with Crippen molar-refractivity contribution in [2.24, 2.45) is 0 Å². The van der Waals surface area contributed by atoms with Gasteiger partial charge in [0, 0.05) is 7.05 Å². The van der Waals surface area contributed by atoms with Crippen molar-refractivity contribution in [3.05, 3.63) is 16.5 Å². The fourth-order valence-electron chi connectivity index (χ4n) is 0.857. The number of alkyl halides is 3. The second-order valence-corrected chi connectivity index (χ2v) is 4.24. The number of thiophene rings is 1. The van der Waals surface area contributed by atoms with Crippen LogP contribution in [0.15, 0.2) is 12.1 Å². The minimum absolute atomic E-state index is 0.490. The fourth-order valence-corrected chi connectivity index (χ4v) is 1.85. The van der Waals surface area contributed by atoms with Gasteiger partial charge in [0.25, 0.3) is 0 Å². The summed E-state index contributed by atoms with van der Waals surface area (Å²) < 4.78 is 36.3. The van der Waals surface area contributed by atoms with Crippen molar-refractivity contribution in [3.8, 4) is 0 Å². The first-order valence-electron chi connectivity index (χ1n) is 3.42. The Balaban J connectivity index is 2.64. The third-order valence-electron chi connectivity index (χ3n) is 1.35. The summed E-state index contributed by atoms with van der Waals surface area (Å²) in [6.07, 6.45) is -4.18. The van der Waals surface area contributed by atoms with Crippen LogP contribution in [0.5, 0.6) is 0 Å². The van der Waals surface area contributed by atoms with Gasteiger partial charge in [0.1, 0.15) is 6.54 Å². The van der Waals surface area contributed by atoms with E-state index in [0.717, 1.165) is 16.2 Å². The van der Waals surface area contributed by atoms with Crippen LogP contribution in [-0.2, 0) is 0 Å². The molecule has 74 valence electrons. The zero-order valence-corrected chi connectivity index (χ0v) is 8.30. The molecule has 0 saturated carbocycles. The average Bonchev–Trinajstić information content (AvgIpc) is 2.31. The van der Waals surface area contributed by atoms with Crippen LogP contribution in [0, 0.1) is 0 Å². The molecule has 1 nitrogen and oxygen atoms in total. The highest BCUT2D eigenvalue weighted by molar-refractivity contribution is 7.19. The molecule has 0 spiro atoms. The third-order valence-corrected chi connectivity index (χ3v) is 2.70. The van der Waals surface area contributed by atoms with E-state index in [4.69, 9.17) is 11.6 Å². The van der Waals surface area contributed by atoms with Gasteiger partial charge in [-0.25, -0.2) is 0 Å². The highest BCUT2D eigenvalue weighted by Crippen LogP contribution is 2.30. The standard InChI is InChI=1S/C7H7ClF3NS/c1-12(4-7(9,10)11)6-3-2-5(8)13-6/h2-3H,4H2,1H3. The number of nitrogens with zero attached hydrogens (tertiary/aromatic N) is 1. The quantitative estimate of drug-likeness (QED) is 0.751. The molecule has 0 N–H and O–H groups in total. The molecular formula is C7H7ClF3NS. The van der Waals surface area contributed by atoms with Crippen molar-refractivity contribution < 1.29 is 13.2 Å². The molecular weight excluding hydrogens is 223 g/mol. The van der Waals surface area contributed by atoms with Crippen molar-refractivity contribution in [1.29, 1.82) is 0 Å². The smallest absolute Gasteiger partial charge is 0.357 e. The van der Waals surface area contributed by atoms with E-state index in [-0.39, 0.29) is 0 Å². The lowest BCUT2D eigenvalue weighted by Gasteiger charge is -2.18. The van der Waals surface area contributed by atoms with Gasteiger partial charge in [-0.05, 0) is 12.1 Å². The van der Waals surface area contributed by atoms with Gasteiger partial charge in [-0.3, -0.25) is 0 Å². The first-order valence-corrected chi connectivity index (χ1v) is 4.61. The van der Waals surface area contributed by atoms with Crippen molar-refractivity contribution in [3.63, 3.8) is 0 Å². The number of hydrogen-bond donors (Lipinski definition) is 0. The highest BCUT2D eigenvalue weighted by atomic mass is 35.5. The summed E-state index contributed by atoms with van der Waals surface area (Å²) in [7, 11) is 1.38. The Kier molecular flexibility index (Phi) is 3.08. The van der Waals surface area contributed by atoms with Crippen molar-refractivity contribution >= 4 is 27.9 Å². The predicted octanol–water partition coefficient (Wildman–Crippen LogP) is 3.40. The lowest BCUT2D eigenvalue weighted by molar-refractivity contribution is -0.119. The molecule has 0 radical (unpaired) electrons. The number of anilines is 1. The summed E-state index contributed by atoms with van der Waals surface area (Å²) in [4.78, 5) is 1.12. The lowest BCUT2D eigenvalue weighted by atomic mass is 10.5. The molecule has 0 saturated heterocycles. The first-order chi connectivity index (χ1) is 5.88. The molecule has 13 heavy (non-hydrogen) atoms. The van der Waals surface area contributed by atoms with Crippen LogP contribution in [0.1, 0.15) is 0 Å². The summed E-state index contributed by atoms with van der Waals surface area (Å²) >= 11 is 6.71. The van der Waals surface area contributed by atoms with E-state index in [2.05, 4.69) is 0 Å². The Labute approximate surface area is 82.7 Å². The van der Waals surface area contributed by atoms with E-state index in [0.29, 0.717) is 9.34 Å². The molecule has 1 rings (SSSR count). The van der Waals surface area contributed by atoms with Crippen LogP contribution >= 0.6 is 22.9 Å². The predicted molar refractivity (Wildman–Crippen MR) is 48.7 cm³/mol. The maximum atomic E-state index is 11.9. The number of hydrogen-bond acceptors (Lipinski definition) is 2. The Bertz CT molecular complexity index is 284. The monoisotopic (exact) mass is 229 g/mol. The Morgan fingerprint density at radius 3 is 2.46 bits per heavy atom. The van der Waals surface area contributed by atoms with Crippen molar-refractivity contribution in [1.82, 2.24) is 0 Å². The molecule has 0 aliphatic rings. The fraction of sp³-hybridized carbons (Fsp3) is 0.429. The van der Waals surface area contributed by atoms with E-state index < -0.39 is 12.7 Å². The molecule has 0 unspecified atom stereocenters. The minimum atomic E-state index is -4.18. The normalized spacial score (nSPS) is 11.8. The van der Waals surface area contributed by atoms with Gasteiger partial charge < -0.3 is 4.90 Å². The molecule has 0 aliphatic carbocycles. The average molecular weight is 230 g/mol. The van der Waals surface area contributed by atoms with Crippen molar-refractivity contribution in [2.75, 3.05) is 18.5 Å². The van der Waals surface area contributed by atoms with Gasteiger partial charge in [-0.2, -0.15) is 13.2 Å². The molecule has 0 atom stereocenters. The summed E-state index contributed by atoms with van der Waals surface area (Å²) in [5, 5.41) is 0.516. The SMILES string of the molecule is CN(CC(F)(F)F)c1ccc(Cl)s1. The first kappa shape index (κ1) is 10.7. The van der Waals surface area contributed by atoms with Crippen molar-refractivity contribution in [2.45, 2.75) is 6.18 Å². The zero-order valence-electron chi connectivity index (χ0n) is 6.73. The van der Waals surface area contributed by atoms with Crippen LogP contribution in [0.25, 0.3) is 0 Å². The topological polar surface area (TPSA) is 3.24 Å². The van der Waals surface area contributed by atoms with Gasteiger partial charge >= 0.3 is 6.18 Å². The molecule has 0 aliphatic heterocycles. The molecule has 6 heteroatoms. The summed E-state index contributed by atoms with van der Waals surface area (Å²) in [5.41, 5.74) is 0. The summed E-state index contributed by atoms with van der Waals surface area (Å²) in [5.74, 6) is 0. The molecule has 0 aromatic carbocycles. The minimum Gasteiger partial charge on any atom is -0.357 e. The third kappa shape index (κ3) is 3.44. The van der Waals surface area contributed by atoms with E-state index >= 15 is 0 Å². The van der Waals surface area contributed by atoms with Gasteiger partial charge in [0.2, 0.25) is 0 Å². The molecule has 0 amide bonds. The Morgan fingerprint density at radius 2 is 2.08 bits per heavy atom. The van der Waals surface area contributed by atoms with Crippen LogP contribution < -0.4 is 4.90 Å². The second-order valence-electron chi connectivity index (χ2n) is 2.55. The van der Waals surface area contributed by atoms with Crippen LogP contribution in [0.4, 0.5) is 18.2 Å². The van der Waals surface area contributed by atoms with E-state index in [1.54, 1.807) is 12.1 Å². The van der Waals surface area contributed by atoms with Gasteiger partial charge in [-0.1, -0.05) is 11.6 Å². The number of halogens is 4. The molecule has 0 fully saturated rings. The zero-order chi connectivity index (χ0) is 10.1. The van der Waals surface area contributed by atoms with Gasteiger partial charge in [-0.15, -0.1) is 11.3 Å². The summed E-state index contributed by atoms with van der Waals surface area (Å²) in [6.45, 7) is -0.955. The molecule has 1 aromatic rings. The van der Waals surface area contributed by atoms with E-state index in [1.807, 2.05) is 0 Å². The molecule has 1 aromatic heterocycles. The lowest BCUT2D eigenvalue weighted by Crippen LogP contribution is -2.30. The Morgan fingerprint density at radius 1 is 1.46 bits per heavy atom. The number of rotatable bonds is 2. The van der Waals surface area contributed by atoms with Crippen LogP contribution in [-0.4, -0.2) is 19.8 Å². The van der Waals surface area contributed by atoms with E-state index in [1.165, 1.54) is 7.05 Å². The Hall–Kier alpha value is -0.420. The highest BCUT2D eigenvalue weighted by Gasteiger charge is 2.29. The molecule has 1 heterocycles. The largest absolute Gasteiger partial charge is 0.405 e. The second kappa shape index (κ2) is 3.75. The van der Waals surface area contributed by atoms with E-state index in [9.17, 15) is 13.2 Å². The summed E-state index contributed by atoms with van der Waals surface area (Å²) in [6, 6.07) is 3.15. The maximum absolute atomic E-state index is 11.9. The van der Waals surface area contributed by atoms with Crippen LogP contribution in [0.3, 0.4) is 0 Å². The molecule has 0 bridgehead atoms.